The Morgan fingerprint density at radius 1 is 1.00 bits per heavy atom. The van der Waals surface area contributed by atoms with Crippen molar-refractivity contribution in [3.05, 3.63) is 29.8 Å². The number of methoxy groups -OCH3 is 1. The lowest BCUT2D eigenvalue weighted by Gasteiger charge is -2.41. The predicted molar refractivity (Wildman–Crippen MR) is 128 cm³/mol. The van der Waals surface area contributed by atoms with E-state index >= 15 is 0 Å². The highest BCUT2D eigenvalue weighted by atomic mass is 16.5. The van der Waals surface area contributed by atoms with E-state index in [0.717, 1.165) is 49.2 Å². The maximum absolute atomic E-state index is 13.3. The Morgan fingerprint density at radius 3 is 2.16 bits per heavy atom. The van der Waals surface area contributed by atoms with Crippen LogP contribution in [0.25, 0.3) is 6.08 Å². The molecule has 0 aromatic heterocycles. The molecule has 2 aliphatic carbocycles. The summed E-state index contributed by atoms with van der Waals surface area (Å²) in [5.41, 5.74) is 0.966. The largest absolute Gasteiger partial charge is 0.493 e. The third kappa shape index (κ3) is 7.02. The fraction of sp³-hybridized carbons (Fsp3) is 0.667. The van der Waals surface area contributed by atoms with Crippen molar-refractivity contribution in [2.24, 2.45) is 5.92 Å². The van der Waals surface area contributed by atoms with Crippen LogP contribution in [0.1, 0.15) is 90.0 Å². The standard InChI is InChI=1S/C27H41NO3/c1-21(2)18-19-31-25-16-14-22(20-26(25)30-3)15-17-27(29)28(23-10-6-4-7-11-23)24-12-8-5-9-13-24/h14-17,20-21,23-24H,4-13,18-19H2,1-3H3/b17-15+. The molecule has 0 aliphatic heterocycles. The minimum atomic E-state index is 0.176. The lowest BCUT2D eigenvalue weighted by molar-refractivity contribution is -0.132. The van der Waals surface area contributed by atoms with Gasteiger partial charge < -0.3 is 14.4 Å². The van der Waals surface area contributed by atoms with E-state index in [4.69, 9.17) is 9.47 Å². The summed E-state index contributed by atoms with van der Waals surface area (Å²) in [6, 6.07) is 6.74. The molecule has 0 N–H and O–H groups in total. The molecule has 0 unspecified atom stereocenters. The second kappa shape index (κ2) is 12.2. The first-order valence-corrected chi connectivity index (χ1v) is 12.4. The van der Waals surface area contributed by atoms with Gasteiger partial charge in [0, 0.05) is 18.2 Å². The van der Waals surface area contributed by atoms with Crippen LogP contribution in [0.5, 0.6) is 11.5 Å². The van der Waals surface area contributed by atoms with Crippen molar-refractivity contribution < 1.29 is 14.3 Å². The van der Waals surface area contributed by atoms with Gasteiger partial charge in [-0.05, 0) is 61.8 Å². The molecular formula is C27H41NO3. The highest BCUT2D eigenvalue weighted by molar-refractivity contribution is 5.92. The minimum absolute atomic E-state index is 0.176. The maximum atomic E-state index is 13.3. The van der Waals surface area contributed by atoms with Gasteiger partial charge in [-0.25, -0.2) is 0 Å². The number of amides is 1. The molecule has 0 saturated heterocycles. The predicted octanol–water partition coefficient (Wildman–Crippen LogP) is 6.63. The maximum Gasteiger partial charge on any atom is 0.247 e. The summed E-state index contributed by atoms with van der Waals surface area (Å²) in [7, 11) is 1.66. The van der Waals surface area contributed by atoms with Crippen LogP contribution >= 0.6 is 0 Å². The first kappa shape index (κ1) is 23.7. The first-order chi connectivity index (χ1) is 15.1. The Labute approximate surface area is 189 Å². The van der Waals surface area contributed by atoms with Crippen LogP contribution < -0.4 is 9.47 Å². The van der Waals surface area contributed by atoms with Gasteiger partial charge in [0.2, 0.25) is 5.91 Å². The highest BCUT2D eigenvalue weighted by Crippen LogP contribution is 2.31. The number of hydrogen-bond acceptors (Lipinski definition) is 3. The number of carbonyl (C=O) groups is 1. The van der Waals surface area contributed by atoms with Gasteiger partial charge in [-0.1, -0.05) is 58.4 Å². The number of carbonyl (C=O) groups excluding carboxylic acids is 1. The summed E-state index contributed by atoms with van der Waals surface area (Å²) in [6.45, 7) is 5.06. The molecule has 31 heavy (non-hydrogen) atoms. The molecule has 4 nitrogen and oxygen atoms in total. The zero-order valence-electron chi connectivity index (χ0n) is 19.8. The average molecular weight is 428 g/mol. The molecule has 2 aliphatic rings. The molecule has 0 radical (unpaired) electrons. The number of hydrogen-bond donors (Lipinski definition) is 0. The second-order valence-corrected chi connectivity index (χ2v) is 9.60. The van der Waals surface area contributed by atoms with Gasteiger partial charge >= 0.3 is 0 Å². The van der Waals surface area contributed by atoms with Gasteiger partial charge in [0.25, 0.3) is 0 Å². The molecule has 0 spiro atoms. The van der Waals surface area contributed by atoms with Crippen LogP contribution in [0.3, 0.4) is 0 Å². The summed E-state index contributed by atoms with van der Waals surface area (Å²) >= 11 is 0. The van der Waals surface area contributed by atoms with Gasteiger partial charge in [0.1, 0.15) is 0 Å². The Bertz CT molecular complexity index is 697. The van der Waals surface area contributed by atoms with E-state index in [1.165, 1.54) is 38.5 Å². The van der Waals surface area contributed by atoms with E-state index in [0.29, 0.717) is 24.6 Å². The lowest BCUT2D eigenvalue weighted by Crippen LogP contribution is -2.48. The molecule has 1 aromatic rings. The van der Waals surface area contributed by atoms with Crippen molar-refractivity contribution in [1.82, 2.24) is 4.90 Å². The van der Waals surface area contributed by atoms with Crippen LogP contribution in [0.4, 0.5) is 0 Å². The van der Waals surface area contributed by atoms with E-state index in [9.17, 15) is 4.79 Å². The molecule has 4 heteroatoms. The zero-order chi connectivity index (χ0) is 22.1. The lowest BCUT2D eigenvalue weighted by atomic mass is 9.88. The van der Waals surface area contributed by atoms with Gasteiger partial charge in [-0.2, -0.15) is 0 Å². The molecule has 3 rings (SSSR count). The van der Waals surface area contributed by atoms with Crippen LogP contribution in [0.15, 0.2) is 24.3 Å². The smallest absolute Gasteiger partial charge is 0.247 e. The summed E-state index contributed by atoms with van der Waals surface area (Å²) < 4.78 is 11.4. The molecule has 0 atom stereocenters. The Kier molecular flexibility index (Phi) is 9.30. The molecule has 0 bridgehead atoms. The van der Waals surface area contributed by atoms with Gasteiger partial charge in [-0.15, -0.1) is 0 Å². The SMILES string of the molecule is COc1cc(/C=C/C(=O)N(C2CCCCC2)C2CCCCC2)ccc1OCCC(C)C. The molecule has 172 valence electrons. The van der Waals surface area contributed by atoms with Crippen LogP contribution in [-0.2, 0) is 4.79 Å². The van der Waals surface area contributed by atoms with E-state index in [1.54, 1.807) is 13.2 Å². The van der Waals surface area contributed by atoms with Crippen molar-refractivity contribution in [2.75, 3.05) is 13.7 Å². The molecule has 0 heterocycles. The second-order valence-electron chi connectivity index (χ2n) is 9.60. The number of ether oxygens (including phenoxy) is 2. The van der Waals surface area contributed by atoms with Crippen molar-refractivity contribution in [2.45, 2.75) is 96.6 Å². The van der Waals surface area contributed by atoms with Crippen LogP contribution in [-0.4, -0.2) is 36.6 Å². The Morgan fingerprint density at radius 2 is 1.61 bits per heavy atom. The van der Waals surface area contributed by atoms with E-state index < -0.39 is 0 Å². The van der Waals surface area contributed by atoms with Gasteiger partial charge in [0.05, 0.1) is 13.7 Å². The topological polar surface area (TPSA) is 38.8 Å². The summed E-state index contributed by atoms with van der Waals surface area (Å²) in [5, 5.41) is 0. The number of rotatable bonds is 9. The van der Waals surface area contributed by atoms with Gasteiger partial charge in [-0.3, -0.25) is 4.79 Å². The average Bonchev–Trinajstić information content (AvgIpc) is 2.79. The molecular weight excluding hydrogens is 386 g/mol. The highest BCUT2D eigenvalue weighted by Gasteiger charge is 2.31. The summed E-state index contributed by atoms with van der Waals surface area (Å²) in [5.74, 6) is 2.26. The summed E-state index contributed by atoms with van der Waals surface area (Å²) in [6.07, 6.45) is 17.0. The number of benzene rings is 1. The fourth-order valence-electron chi connectivity index (χ4n) is 4.94. The van der Waals surface area contributed by atoms with E-state index in [-0.39, 0.29) is 5.91 Å². The molecule has 2 saturated carbocycles. The van der Waals surface area contributed by atoms with E-state index in [2.05, 4.69) is 18.7 Å². The number of nitrogens with zero attached hydrogens (tertiary/aromatic N) is 1. The van der Waals surface area contributed by atoms with Crippen molar-refractivity contribution in [3.8, 4) is 11.5 Å². The zero-order valence-corrected chi connectivity index (χ0v) is 19.8. The summed E-state index contributed by atoms with van der Waals surface area (Å²) in [4.78, 5) is 15.6. The third-order valence-corrected chi connectivity index (χ3v) is 6.75. The minimum Gasteiger partial charge on any atom is -0.493 e. The van der Waals surface area contributed by atoms with Crippen molar-refractivity contribution >= 4 is 12.0 Å². The van der Waals surface area contributed by atoms with E-state index in [1.807, 2.05) is 24.3 Å². The van der Waals surface area contributed by atoms with Crippen molar-refractivity contribution in [3.63, 3.8) is 0 Å². The molecule has 1 amide bonds. The van der Waals surface area contributed by atoms with Crippen molar-refractivity contribution in [1.29, 1.82) is 0 Å². The Balaban J connectivity index is 1.69. The van der Waals surface area contributed by atoms with Gasteiger partial charge in [0.15, 0.2) is 11.5 Å². The molecule has 2 fully saturated rings. The quantitative estimate of drug-likeness (QED) is 0.415. The Hall–Kier alpha value is -1.97. The van der Waals surface area contributed by atoms with Crippen LogP contribution in [0.2, 0.25) is 0 Å². The monoisotopic (exact) mass is 427 g/mol. The third-order valence-electron chi connectivity index (χ3n) is 6.75. The molecule has 1 aromatic carbocycles. The first-order valence-electron chi connectivity index (χ1n) is 12.4. The van der Waals surface area contributed by atoms with Crippen LogP contribution in [0, 0.1) is 5.92 Å². The fourth-order valence-corrected chi connectivity index (χ4v) is 4.94. The normalized spacial score (nSPS) is 18.5.